The van der Waals surface area contributed by atoms with Gasteiger partial charge in [-0.05, 0) is 44.2 Å². The lowest BCUT2D eigenvalue weighted by molar-refractivity contribution is -0.142. The van der Waals surface area contributed by atoms with Gasteiger partial charge in [-0.15, -0.1) is 11.6 Å². The molecule has 180 valence electrons. The predicted octanol–water partition coefficient (Wildman–Crippen LogP) is 4.33. The maximum Gasteiger partial charge on any atom is 0.417 e. The highest BCUT2D eigenvalue weighted by Crippen LogP contribution is 2.34. The molecule has 0 saturated heterocycles. The van der Waals surface area contributed by atoms with Crippen LogP contribution in [0, 0.1) is 0 Å². The van der Waals surface area contributed by atoms with Crippen LogP contribution in [0.2, 0.25) is 5.02 Å². The van der Waals surface area contributed by atoms with Gasteiger partial charge in [0.2, 0.25) is 5.88 Å². The summed E-state index contributed by atoms with van der Waals surface area (Å²) in [6.07, 6.45) is -4.28. The average molecular weight is 511 g/mol. The molecule has 2 unspecified atom stereocenters. The zero-order valence-electron chi connectivity index (χ0n) is 17.2. The minimum atomic E-state index is -4.57. The Balaban J connectivity index is 0.00000125. The Kier molecular flexibility index (Phi) is 10.9. The first-order valence-corrected chi connectivity index (χ1v) is 10.00. The van der Waals surface area contributed by atoms with E-state index in [0.29, 0.717) is 18.5 Å². The number of rotatable bonds is 8. The summed E-state index contributed by atoms with van der Waals surface area (Å²) in [5.41, 5.74) is -0.997. The lowest BCUT2D eigenvalue weighted by atomic mass is 10.3. The van der Waals surface area contributed by atoms with E-state index >= 15 is 0 Å². The third kappa shape index (κ3) is 9.54. The van der Waals surface area contributed by atoms with E-state index in [9.17, 15) is 22.8 Å². The smallest absolute Gasteiger partial charge is 0.417 e. The highest BCUT2D eigenvalue weighted by Gasteiger charge is 2.31. The Labute approximate surface area is 196 Å². The van der Waals surface area contributed by atoms with E-state index in [-0.39, 0.29) is 28.3 Å². The van der Waals surface area contributed by atoms with Gasteiger partial charge in [0.05, 0.1) is 11.4 Å². The molecule has 2 rings (SSSR count). The maximum absolute atomic E-state index is 12.6. The number of aldehydes is 1. The van der Waals surface area contributed by atoms with Crippen molar-refractivity contribution in [2.75, 3.05) is 5.88 Å². The molecule has 1 aromatic heterocycles. The van der Waals surface area contributed by atoms with Crippen molar-refractivity contribution in [1.29, 1.82) is 0 Å². The van der Waals surface area contributed by atoms with E-state index < -0.39 is 35.8 Å². The predicted molar refractivity (Wildman–Crippen MR) is 113 cm³/mol. The molecule has 2 atom stereocenters. The van der Waals surface area contributed by atoms with Gasteiger partial charge in [-0.25, -0.2) is 4.98 Å². The van der Waals surface area contributed by atoms with Crippen molar-refractivity contribution >= 4 is 41.4 Å². The lowest BCUT2D eigenvalue weighted by Gasteiger charge is -2.16. The molecular weight excluding hydrogens is 492 g/mol. The molecule has 1 amide bonds. The normalized spacial score (nSPS) is 12.5. The number of nitrogens with zero attached hydrogens (tertiary/aromatic N) is 1. The number of aliphatic carboxylic acids is 1. The zero-order valence-corrected chi connectivity index (χ0v) is 18.7. The van der Waals surface area contributed by atoms with Crippen LogP contribution in [0.1, 0.15) is 19.4 Å². The molecule has 1 aromatic carbocycles. The monoisotopic (exact) mass is 510 g/mol. The number of benzene rings is 1. The Hall–Kier alpha value is -3.05. The number of carboxylic acid groups (broad SMARTS) is 1. The van der Waals surface area contributed by atoms with Crippen LogP contribution in [-0.2, 0) is 20.6 Å². The Morgan fingerprint density at radius 2 is 1.76 bits per heavy atom. The van der Waals surface area contributed by atoms with Crippen LogP contribution in [0.25, 0.3) is 0 Å². The summed E-state index contributed by atoms with van der Waals surface area (Å²) in [5.74, 6) is -1.37. The second kappa shape index (κ2) is 12.9. The molecular formula is C20H19Cl2F3N2O6. The molecule has 2 N–H and O–H groups in total. The fourth-order valence-electron chi connectivity index (χ4n) is 2.00. The standard InChI is InChI=1S/C18H16ClF3N2O5.C2H3ClO/c1-9(17(26)27)24-15(25)10(2)28-12-3-5-13(6-4-12)29-16-14(19)7-11(8-23-16)18(20,21)22;3-1-2-4/h3-10H,1-2H3,(H,24,25)(H,26,27);2H,1H2. The Bertz CT molecular complexity index is 958. The van der Waals surface area contributed by atoms with Gasteiger partial charge in [0.1, 0.15) is 28.8 Å². The first-order chi connectivity index (χ1) is 15.4. The van der Waals surface area contributed by atoms with Crippen LogP contribution in [0.4, 0.5) is 13.2 Å². The molecule has 8 nitrogen and oxygen atoms in total. The molecule has 13 heteroatoms. The van der Waals surface area contributed by atoms with Crippen molar-refractivity contribution in [2.24, 2.45) is 0 Å². The number of hydrogen-bond acceptors (Lipinski definition) is 6. The van der Waals surface area contributed by atoms with Gasteiger partial charge in [0.25, 0.3) is 5.91 Å². The number of ether oxygens (including phenoxy) is 2. The molecule has 0 aliphatic heterocycles. The van der Waals surface area contributed by atoms with Gasteiger partial charge in [0, 0.05) is 6.20 Å². The van der Waals surface area contributed by atoms with Crippen molar-refractivity contribution in [2.45, 2.75) is 32.2 Å². The topological polar surface area (TPSA) is 115 Å². The van der Waals surface area contributed by atoms with Crippen molar-refractivity contribution in [1.82, 2.24) is 10.3 Å². The van der Waals surface area contributed by atoms with Crippen LogP contribution < -0.4 is 14.8 Å². The second-order valence-electron chi connectivity index (χ2n) is 6.23. The van der Waals surface area contributed by atoms with E-state index in [1.54, 1.807) is 0 Å². The third-order valence-electron chi connectivity index (χ3n) is 3.65. The highest BCUT2D eigenvalue weighted by atomic mass is 35.5. The highest BCUT2D eigenvalue weighted by molar-refractivity contribution is 6.31. The number of halogens is 5. The van der Waals surface area contributed by atoms with Gasteiger partial charge >= 0.3 is 12.1 Å². The van der Waals surface area contributed by atoms with Crippen LogP contribution >= 0.6 is 23.2 Å². The largest absolute Gasteiger partial charge is 0.481 e. The van der Waals surface area contributed by atoms with Crippen molar-refractivity contribution in [3.8, 4) is 17.4 Å². The first kappa shape index (κ1) is 28.0. The fourth-order valence-corrected chi connectivity index (χ4v) is 2.21. The number of pyridine rings is 1. The summed E-state index contributed by atoms with van der Waals surface area (Å²) in [7, 11) is 0. The van der Waals surface area contributed by atoms with Crippen LogP contribution in [-0.4, -0.2) is 46.3 Å². The van der Waals surface area contributed by atoms with E-state index in [1.165, 1.54) is 38.1 Å². The van der Waals surface area contributed by atoms with Gasteiger partial charge in [-0.3, -0.25) is 9.59 Å². The van der Waals surface area contributed by atoms with Gasteiger partial charge in [0.15, 0.2) is 6.10 Å². The maximum atomic E-state index is 12.6. The van der Waals surface area contributed by atoms with Crippen molar-refractivity contribution < 1.29 is 42.1 Å². The number of carbonyl (C=O) groups excluding carboxylic acids is 2. The minimum Gasteiger partial charge on any atom is -0.481 e. The molecule has 2 aromatic rings. The molecule has 0 radical (unpaired) electrons. The molecule has 0 aliphatic carbocycles. The molecule has 0 aliphatic rings. The number of carboxylic acids is 1. The summed E-state index contributed by atoms with van der Waals surface area (Å²) in [6.45, 7) is 2.76. The number of aromatic nitrogens is 1. The van der Waals surface area contributed by atoms with Crippen molar-refractivity contribution in [3.05, 3.63) is 47.1 Å². The van der Waals surface area contributed by atoms with E-state index in [1.807, 2.05) is 0 Å². The summed E-state index contributed by atoms with van der Waals surface area (Å²) in [5, 5.41) is 10.8. The quantitative estimate of drug-likeness (QED) is 0.401. The number of nitrogens with one attached hydrogen (secondary N) is 1. The second-order valence-corrected chi connectivity index (χ2v) is 6.95. The lowest BCUT2D eigenvalue weighted by Crippen LogP contribution is -2.44. The summed E-state index contributed by atoms with van der Waals surface area (Å²) >= 11 is 10.6. The molecule has 1 heterocycles. The SMILES string of the molecule is CC(NC(=O)C(C)Oc1ccc(Oc2ncc(C(F)(F)F)cc2Cl)cc1)C(=O)O.O=CCCl. The zero-order chi connectivity index (χ0) is 25.2. The Morgan fingerprint density at radius 3 is 2.21 bits per heavy atom. The first-order valence-electron chi connectivity index (χ1n) is 9.09. The van der Waals surface area contributed by atoms with E-state index in [0.717, 1.165) is 0 Å². The van der Waals surface area contributed by atoms with Gasteiger partial charge in [-0.2, -0.15) is 13.2 Å². The number of amides is 1. The number of alkyl halides is 4. The van der Waals surface area contributed by atoms with Gasteiger partial charge < -0.3 is 24.7 Å². The molecule has 0 saturated carbocycles. The number of hydrogen-bond donors (Lipinski definition) is 2. The summed E-state index contributed by atoms with van der Waals surface area (Å²) < 4.78 is 48.7. The summed E-state index contributed by atoms with van der Waals surface area (Å²) in [6, 6.07) is 5.44. The molecule has 0 spiro atoms. The molecule has 0 bridgehead atoms. The third-order valence-corrected chi connectivity index (χ3v) is 4.04. The van der Waals surface area contributed by atoms with Crippen LogP contribution in [0.15, 0.2) is 36.5 Å². The van der Waals surface area contributed by atoms with E-state index in [2.05, 4.69) is 10.3 Å². The van der Waals surface area contributed by atoms with Crippen molar-refractivity contribution in [3.63, 3.8) is 0 Å². The molecule has 33 heavy (non-hydrogen) atoms. The molecule has 0 fully saturated rings. The van der Waals surface area contributed by atoms with Crippen LogP contribution in [0.3, 0.4) is 0 Å². The number of carbonyl (C=O) groups is 3. The summed E-state index contributed by atoms with van der Waals surface area (Å²) in [4.78, 5) is 35.2. The fraction of sp³-hybridized carbons (Fsp3) is 0.300. The minimum absolute atomic E-state index is 0.111. The van der Waals surface area contributed by atoms with Gasteiger partial charge in [-0.1, -0.05) is 11.6 Å². The van der Waals surface area contributed by atoms with Crippen LogP contribution in [0.5, 0.6) is 17.4 Å². The average Bonchev–Trinajstić information content (AvgIpc) is 2.75. The van der Waals surface area contributed by atoms with E-state index in [4.69, 9.17) is 42.6 Å². The Morgan fingerprint density at radius 1 is 1.21 bits per heavy atom.